The van der Waals surface area contributed by atoms with Crippen molar-refractivity contribution in [3.8, 4) is 0 Å². The molecule has 0 saturated carbocycles. The highest BCUT2D eigenvalue weighted by Crippen LogP contribution is 2.30. The fourth-order valence-electron chi connectivity index (χ4n) is 2.02. The predicted molar refractivity (Wildman–Crippen MR) is 59.4 cm³/mol. The molecule has 1 N–H and O–H groups in total. The lowest BCUT2D eigenvalue weighted by Crippen LogP contribution is -2.37. The Morgan fingerprint density at radius 3 is 2.94 bits per heavy atom. The summed E-state index contributed by atoms with van der Waals surface area (Å²) in [6, 6.07) is 2.99. The number of esters is 1. The molecule has 1 aromatic rings. The van der Waals surface area contributed by atoms with Gasteiger partial charge in [-0.25, -0.2) is 4.79 Å². The zero-order valence-electron chi connectivity index (χ0n) is 9.86. The lowest BCUT2D eigenvalue weighted by Gasteiger charge is -2.15. The van der Waals surface area contributed by atoms with E-state index in [1.165, 1.54) is 0 Å². The molecule has 0 radical (unpaired) electrons. The molecule has 1 fully saturated rings. The van der Waals surface area contributed by atoms with Gasteiger partial charge in [-0.2, -0.15) is 0 Å². The average Bonchev–Trinajstić information content (AvgIpc) is 2.84. The summed E-state index contributed by atoms with van der Waals surface area (Å²) < 4.78 is 10.4. The van der Waals surface area contributed by atoms with Gasteiger partial charge in [0.25, 0.3) is 0 Å². The third-order valence-electron chi connectivity index (χ3n) is 2.79. The number of carbonyl (C=O) groups is 2. The second kappa shape index (κ2) is 4.61. The normalized spacial score (nSPS) is 23.5. The topological polar surface area (TPSA) is 68.5 Å². The van der Waals surface area contributed by atoms with E-state index in [2.05, 4.69) is 5.32 Å². The third kappa shape index (κ3) is 2.33. The van der Waals surface area contributed by atoms with Crippen molar-refractivity contribution in [2.75, 3.05) is 6.61 Å². The van der Waals surface area contributed by atoms with E-state index in [-0.39, 0.29) is 18.2 Å². The van der Waals surface area contributed by atoms with E-state index in [1.54, 1.807) is 13.0 Å². The summed E-state index contributed by atoms with van der Waals surface area (Å²) in [5.41, 5.74) is 0. The number of ether oxygens (including phenoxy) is 1. The molecule has 5 heteroatoms. The molecule has 2 unspecified atom stereocenters. The molecule has 0 aliphatic carbocycles. The first kappa shape index (κ1) is 11.7. The minimum Gasteiger partial charge on any atom is -0.466 e. The number of hydrogen-bond acceptors (Lipinski definition) is 4. The summed E-state index contributed by atoms with van der Waals surface area (Å²) in [5, 5.41) is 2.62. The van der Waals surface area contributed by atoms with Gasteiger partial charge in [0.15, 0.2) is 0 Å². The van der Waals surface area contributed by atoms with Gasteiger partial charge in [0.2, 0.25) is 5.91 Å². The maximum Gasteiger partial charge on any atom is 0.329 e. The van der Waals surface area contributed by atoms with Gasteiger partial charge in [-0.1, -0.05) is 0 Å². The fraction of sp³-hybridized carbons (Fsp3) is 0.500. The number of aryl methyl sites for hydroxylation is 1. The van der Waals surface area contributed by atoms with Crippen LogP contribution in [0.2, 0.25) is 0 Å². The van der Waals surface area contributed by atoms with Crippen LogP contribution in [0.3, 0.4) is 0 Å². The maximum atomic E-state index is 11.7. The highest BCUT2D eigenvalue weighted by molar-refractivity contribution is 5.90. The van der Waals surface area contributed by atoms with Gasteiger partial charge in [0.05, 0.1) is 12.5 Å². The van der Waals surface area contributed by atoms with E-state index < -0.39 is 12.0 Å². The first-order chi connectivity index (χ1) is 8.11. The minimum atomic E-state index is -0.631. The lowest BCUT2D eigenvalue weighted by molar-refractivity contribution is -0.146. The molecular formula is C12H15NO4. The van der Waals surface area contributed by atoms with Crippen LogP contribution in [0.1, 0.15) is 30.8 Å². The van der Waals surface area contributed by atoms with E-state index in [9.17, 15) is 9.59 Å². The number of nitrogens with one attached hydrogen (secondary N) is 1. The number of amides is 1. The Morgan fingerprint density at radius 1 is 1.59 bits per heavy atom. The van der Waals surface area contributed by atoms with Crippen molar-refractivity contribution in [2.24, 2.45) is 0 Å². The van der Waals surface area contributed by atoms with Crippen LogP contribution in [0.5, 0.6) is 0 Å². The summed E-state index contributed by atoms with van der Waals surface area (Å²) in [6.07, 6.45) is 0.260. The predicted octanol–water partition coefficient (Wildman–Crippen LogP) is 1.12. The van der Waals surface area contributed by atoms with Crippen molar-refractivity contribution in [2.45, 2.75) is 32.2 Å². The van der Waals surface area contributed by atoms with Gasteiger partial charge < -0.3 is 14.5 Å². The van der Waals surface area contributed by atoms with Gasteiger partial charge in [0.1, 0.15) is 17.6 Å². The van der Waals surface area contributed by atoms with Crippen molar-refractivity contribution in [3.63, 3.8) is 0 Å². The van der Waals surface area contributed by atoms with Crippen molar-refractivity contribution in [3.05, 3.63) is 23.7 Å². The van der Waals surface area contributed by atoms with Crippen molar-refractivity contribution >= 4 is 11.9 Å². The van der Waals surface area contributed by atoms with Crippen molar-refractivity contribution in [1.82, 2.24) is 5.32 Å². The van der Waals surface area contributed by atoms with Crippen molar-refractivity contribution in [1.29, 1.82) is 0 Å². The largest absolute Gasteiger partial charge is 0.466 e. The number of hydrogen-bond donors (Lipinski definition) is 1. The van der Waals surface area contributed by atoms with Crippen molar-refractivity contribution < 1.29 is 18.7 Å². The second-order valence-electron chi connectivity index (χ2n) is 4.06. The molecule has 0 aromatic carbocycles. The Kier molecular flexibility index (Phi) is 3.17. The zero-order valence-corrected chi connectivity index (χ0v) is 9.86. The molecule has 0 bridgehead atoms. The number of furan rings is 1. The van der Waals surface area contributed by atoms with Crippen LogP contribution in [0.25, 0.3) is 0 Å². The van der Waals surface area contributed by atoms with Gasteiger partial charge in [-0.15, -0.1) is 0 Å². The van der Waals surface area contributed by atoms with E-state index in [0.29, 0.717) is 12.4 Å². The molecule has 1 aliphatic heterocycles. The van der Waals surface area contributed by atoms with Crippen LogP contribution in [0.15, 0.2) is 16.5 Å². The van der Waals surface area contributed by atoms with E-state index in [1.807, 2.05) is 13.0 Å². The van der Waals surface area contributed by atoms with Gasteiger partial charge in [0, 0.05) is 6.42 Å². The number of rotatable bonds is 3. The molecule has 2 heterocycles. The van der Waals surface area contributed by atoms with Crippen LogP contribution in [0.4, 0.5) is 0 Å². The van der Waals surface area contributed by atoms with E-state index in [4.69, 9.17) is 9.15 Å². The van der Waals surface area contributed by atoms with Crippen LogP contribution in [-0.2, 0) is 14.3 Å². The van der Waals surface area contributed by atoms with Crippen LogP contribution in [-0.4, -0.2) is 24.5 Å². The SMILES string of the molecule is CCOC(=O)C1NC(=O)CC1c1ccc(C)o1. The molecule has 2 atom stereocenters. The monoisotopic (exact) mass is 237 g/mol. The van der Waals surface area contributed by atoms with Crippen LogP contribution < -0.4 is 5.32 Å². The highest BCUT2D eigenvalue weighted by atomic mass is 16.5. The second-order valence-corrected chi connectivity index (χ2v) is 4.06. The summed E-state index contributed by atoms with van der Waals surface area (Å²) >= 11 is 0. The summed E-state index contributed by atoms with van der Waals surface area (Å²) in [6.45, 7) is 3.86. The highest BCUT2D eigenvalue weighted by Gasteiger charge is 2.40. The Morgan fingerprint density at radius 2 is 2.35 bits per heavy atom. The smallest absolute Gasteiger partial charge is 0.329 e. The van der Waals surface area contributed by atoms with Gasteiger partial charge >= 0.3 is 5.97 Å². The Balaban J connectivity index is 2.19. The van der Waals surface area contributed by atoms with Crippen LogP contribution in [0, 0.1) is 6.92 Å². The molecule has 5 nitrogen and oxygen atoms in total. The maximum absolute atomic E-state index is 11.7. The Labute approximate surface area is 99.1 Å². The first-order valence-electron chi connectivity index (χ1n) is 5.64. The van der Waals surface area contributed by atoms with Gasteiger partial charge in [-0.3, -0.25) is 4.79 Å². The molecule has 1 amide bonds. The quantitative estimate of drug-likeness (QED) is 0.800. The lowest BCUT2D eigenvalue weighted by atomic mass is 9.98. The molecule has 1 saturated heterocycles. The third-order valence-corrected chi connectivity index (χ3v) is 2.79. The summed E-state index contributed by atoms with van der Waals surface area (Å²) in [4.78, 5) is 23.1. The van der Waals surface area contributed by atoms with Gasteiger partial charge in [-0.05, 0) is 26.0 Å². The molecular weight excluding hydrogens is 222 g/mol. The molecule has 0 spiro atoms. The summed E-state index contributed by atoms with van der Waals surface area (Å²) in [7, 11) is 0. The fourth-order valence-corrected chi connectivity index (χ4v) is 2.02. The Bertz CT molecular complexity index is 437. The Hall–Kier alpha value is -1.78. The molecule has 1 aromatic heterocycles. The molecule has 92 valence electrons. The first-order valence-corrected chi connectivity index (χ1v) is 5.64. The minimum absolute atomic E-state index is 0.151. The zero-order chi connectivity index (χ0) is 12.4. The average molecular weight is 237 g/mol. The van der Waals surface area contributed by atoms with E-state index in [0.717, 1.165) is 5.76 Å². The van der Waals surface area contributed by atoms with Crippen LogP contribution >= 0.6 is 0 Å². The molecule has 17 heavy (non-hydrogen) atoms. The van der Waals surface area contributed by atoms with E-state index >= 15 is 0 Å². The molecule has 2 rings (SSSR count). The molecule has 1 aliphatic rings. The number of carbonyl (C=O) groups excluding carboxylic acids is 2. The standard InChI is InChI=1S/C12H15NO4/c1-3-16-12(15)11-8(6-10(14)13-11)9-5-4-7(2)17-9/h4-5,8,11H,3,6H2,1-2H3,(H,13,14). The summed E-state index contributed by atoms with van der Waals surface area (Å²) in [5.74, 6) is 0.593.